The third-order valence-corrected chi connectivity index (χ3v) is 5.44. The second-order valence-electron chi connectivity index (χ2n) is 7.16. The molecule has 0 saturated carbocycles. The molecule has 0 atom stereocenters. The molecule has 0 aliphatic rings. The molecule has 0 aromatic heterocycles. The van der Waals surface area contributed by atoms with E-state index in [1.807, 2.05) is 0 Å². The third kappa shape index (κ3) is 6.78. The summed E-state index contributed by atoms with van der Waals surface area (Å²) in [6.45, 7) is 1.62. The zero-order chi connectivity index (χ0) is 26.4. The molecule has 0 heterocycles. The summed E-state index contributed by atoms with van der Waals surface area (Å²) in [4.78, 5) is 35.9. The molecule has 0 unspecified atom stereocenters. The lowest BCUT2D eigenvalue weighted by atomic mass is 10.1. The standard InChI is InChI=1S/C24H18Cl3FN2O6/c1-2-35-24(34)23(33)30-13-8-17(26)21(18(27)9-13)36-14-4-6-20(31)15(10-14)22(32)29-11-12-3-5-19(28)16(25)7-12/h3-10,31H,2,11H2,1H3,(H,29,32)(H,30,33). The molecule has 0 radical (unpaired) electrons. The Morgan fingerprint density at radius 2 is 1.67 bits per heavy atom. The monoisotopic (exact) mass is 554 g/mol. The van der Waals surface area contributed by atoms with Crippen LogP contribution in [0.1, 0.15) is 22.8 Å². The van der Waals surface area contributed by atoms with E-state index in [0.717, 1.165) is 0 Å². The Morgan fingerprint density at radius 3 is 2.31 bits per heavy atom. The summed E-state index contributed by atoms with van der Waals surface area (Å²) >= 11 is 18.2. The summed E-state index contributed by atoms with van der Waals surface area (Å²) in [7, 11) is 0. The number of ether oxygens (including phenoxy) is 2. The minimum atomic E-state index is -1.07. The van der Waals surface area contributed by atoms with Gasteiger partial charge in [-0.3, -0.25) is 9.59 Å². The smallest absolute Gasteiger partial charge is 0.397 e. The van der Waals surface area contributed by atoms with Gasteiger partial charge in [0.25, 0.3) is 5.91 Å². The van der Waals surface area contributed by atoms with E-state index in [1.165, 1.54) is 48.5 Å². The van der Waals surface area contributed by atoms with Gasteiger partial charge in [0.2, 0.25) is 0 Å². The van der Waals surface area contributed by atoms with E-state index < -0.39 is 23.6 Å². The summed E-state index contributed by atoms with van der Waals surface area (Å²) in [5, 5.41) is 15.0. The van der Waals surface area contributed by atoms with Crippen LogP contribution in [0, 0.1) is 5.82 Å². The fraction of sp³-hybridized carbons (Fsp3) is 0.125. The number of hydrogen-bond donors (Lipinski definition) is 3. The maximum Gasteiger partial charge on any atom is 0.397 e. The van der Waals surface area contributed by atoms with E-state index in [9.17, 15) is 23.9 Å². The van der Waals surface area contributed by atoms with E-state index in [0.29, 0.717) is 5.56 Å². The molecule has 0 saturated heterocycles. The van der Waals surface area contributed by atoms with Crippen LogP contribution in [0.2, 0.25) is 15.1 Å². The van der Waals surface area contributed by atoms with Crippen molar-refractivity contribution in [2.45, 2.75) is 13.5 Å². The molecule has 0 bridgehead atoms. The number of anilines is 1. The molecule has 0 spiro atoms. The highest BCUT2D eigenvalue weighted by molar-refractivity contribution is 6.39. The molecule has 12 heteroatoms. The third-order valence-electron chi connectivity index (χ3n) is 4.59. The summed E-state index contributed by atoms with van der Waals surface area (Å²) in [5.41, 5.74) is 0.573. The molecule has 0 aliphatic heterocycles. The fourth-order valence-electron chi connectivity index (χ4n) is 2.91. The number of halogens is 4. The van der Waals surface area contributed by atoms with Crippen molar-refractivity contribution in [3.05, 3.63) is 80.5 Å². The normalized spacial score (nSPS) is 10.5. The Balaban J connectivity index is 1.74. The van der Waals surface area contributed by atoms with Gasteiger partial charge in [-0.15, -0.1) is 0 Å². The van der Waals surface area contributed by atoms with Gasteiger partial charge in [-0.25, -0.2) is 9.18 Å². The SMILES string of the molecule is CCOC(=O)C(=O)Nc1cc(Cl)c(Oc2ccc(O)c(C(=O)NCc3ccc(F)c(Cl)c3)c2)c(Cl)c1. The van der Waals surface area contributed by atoms with Gasteiger partial charge in [-0.1, -0.05) is 40.9 Å². The van der Waals surface area contributed by atoms with Crippen molar-refractivity contribution in [3.8, 4) is 17.2 Å². The van der Waals surface area contributed by atoms with Crippen LogP contribution in [0.5, 0.6) is 17.2 Å². The number of esters is 1. The highest BCUT2D eigenvalue weighted by atomic mass is 35.5. The average Bonchev–Trinajstić information content (AvgIpc) is 2.83. The minimum absolute atomic E-state index is 0.00506. The van der Waals surface area contributed by atoms with Crippen molar-refractivity contribution in [3.63, 3.8) is 0 Å². The lowest BCUT2D eigenvalue weighted by Gasteiger charge is -2.14. The number of amides is 2. The zero-order valence-electron chi connectivity index (χ0n) is 18.5. The number of phenols is 1. The van der Waals surface area contributed by atoms with Gasteiger partial charge in [0, 0.05) is 12.2 Å². The van der Waals surface area contributed by atoms with Crippen LogP contribution in [0.4, 0.5) is 10.1 Å². The average molecular weight is 556 g/mol. The highest BCUT2D eigenvalue weighted by Gasteiger charge is 2.19. The van der Waals surface area contributed by atoms with E-state index in [-0.39, 0.29) is 56.7 Å². The molecular weight excluding hydrogens is 538 g/mol. The lowest BCUT2D eigenvalue weighted by Crippen LogP contribution is -2.24. The molecular formula is C24H18Cl3FN2O6. The first-order valence-corrected chi connectivity index (χ1v) is 11.4. The van der Waals surface area contributed by atoms with Gasteiger partial charge in [-0.2, -0.15) is 0 Å². The number of aromatic hydroxyl groups is 1. The molecule has 3 aromatic rings. The quantitative estimate of drug-likeness (QED) is 0.254. The van der Waals surface area contributed by atoms with Crippen molar-refractivity contribution >= 4 is 58.3 Å². The summed E-state index contributed by atoms with van der Waals surface area (Å²) in [6.07, 6.45) is 0. The number of rotatable bonds is 7. The number of nitrogens with one attached hydrogen (secondary N) is 2. The van der Waals surface area contributed by atoms with E-state index in [2.05, 4.69) is 15.4 Å². The first kappa shape index (κ1) is 27.1. The Bertz CT molecular complexity index is 1310. The van der Waals surface area contributed by atoms with Crippen molar-refractivity contribution < 1.29 is 33.4 Å². The molecule has 0 aliphatic carbocycles. The van der Waals surface area contributed by atoms with E-state index >= 15 is 0 Å². The predicted octanol–water partition coefficient (Wildman–Crippen LogP) is 5.72. The predicted molar refractivity (Wildman–Crippen MR) is 132 cm³/mol. The maximum atomic E-state index is 13.3. The van der Waals surface area contributed by atoms with Crippen LogP contribution >= 0.6 is 34.8 Å². The first-order chi connectivity index (χ1) is 17.1. The van der Waals surface area contributed by atoms with E-state index in [1.54, 1.807) is 6.92 Å². The topological polar surface area (TPSA) is 114 Å². The number of carbonyl (C=O) groups is 3. The molecule has 2 amide bonds. The number of benzene rings is 3. The van der Waals surface area contributed by atoms with Gasteiger partial charge < -0.3 is 25.2 Å². The summed E-state index contributed by atoms with van der Waals surface area (Å²) in [5.74, 6) is -3.47. The molecule has 3 N–H and O–H groups in total. The zero-order valence-corrected chi connectivity index (χ0v) is 20.8. The van der Waals surface area contributed by atoms with Crippen LogP contribution in [-0.2, 0) is 20.9 Å². The number of hydrogen-bond acceptors (Lipinski definition) is 6. The number of phenolic OH excluding ortho intramolecular Hbond substituents is 1. The molecule has 188 valence electrons. The largest absolute Gasteiger partial charge is 0.507 e. The maximum absolute atomic E-state index is 13.3. The second-order valence-corrected chi connectivity index (χ2v) is 8.38. The minimum Gasteiger partial charge on any atom is -0.507 e. The molecule has 3 rings (SSSR count). The van der Waals surface area contributed by atoms with Gasteiger partial charge in [0.1, 0.15) is 17.3 Å². The highest BCUT2D eigenvalue weighted by Crippen LogP contribution is 2.39. The second kappa shape index (κ2) is 11.9. The lowest BCUT2D eigenvalue weighted by molar-refractivity contribution is -0.152. The van der Waals surface area contributed by atoms with Gasteiger partial charge in [-0.05, 0) is 55.0 Å². The van der Waals surface area contributed by atoms with Gasteiger partial charge >= 0.3 is 11.9 Å². The van der Waals surface area contributed by atoms with Crippen LogP contribution < -0.4 is 15.4 Å². The first-order valence-electron chi connectivity index (χ1n) is 10.3. The van der Waals surface area contributed by atoms with Crippen molar-refractivity contribution in [1.82, 2.24) is 5.32 Å². The Kier molecular flexibility index (Phi) is 8.98. The molecule has 0 fully saturated rings. The van der Waals surface area contributed by atoms with Crippen LogP contribution in [-0.4, -0.2) is 29.5 Å². The fourth-order valence-corrected chi connectivity index (χ4v) is 3.68. The van der Waals surface area contributed by atoms with Crippen LogP contribution in [0.3, 0.4) is 0 Å². The van der Waals surface area contributed by atoms with Crippen molar-refractivity contribution in [2.24, 2.45) is 0 Å². The van der Waals surface area contributed by atoms with Gasteiger partial charge in [0.05, 0.1) is 27.2 Å². The molecule has 3 aromatic carbocycles. The van der Waals surface area contributed by atoms with Crippen molar-refractivity contribution in [1.29, 1.82) is 0 Å². The molecule has 8 nitrogen and oxygen atoms in total. The van der Waals surface area contributed by atoms with Gasteiger partial charge in [0.15, 0.2) is 5.75 Å². The Hall–Kier alpha value is -3.53. The number of carbonyl (C=O) groups excluding carboxylic acids is 3. The Labute approximate surface area is 219 Å². The summed E-state index contributed by atoms with van der Waals surface area (Å²) in [6, 6.07) is 10.5. The van der Waals surface area contributed by atoms with Crippen LogP contribution in [0.25, 0.3) is 0 Å². The van der Waals surface area contributed by atoms with Crippen molar-refractivity contribution in [2.75, 3.05) is 11.9 Å². The Morgan fingerprint density at radius 1 is 0.972 bits per heavy atom. The summed E-state index contributed by atoms with van der Waals surface area (Å²) < 4.78 is 23.6. The van der Waals surface area contributed by atoms with Crippen LogP contribution in [0.15, 0.2) is 48.5 Å². The van der Waals surface area contributed by atoms with E-state index in [4.69, 9.17) is 39.5 Å². The molecule has 36 heavy (non-hydrogen) atoms.